The van der Waals surface area contributed by atoms with E-state index in [1.807, 2.05) is 78.6 Å². The number of pyridine rings is 1. The number of anilines is 1. The summed E-state index contributed by atoms with van der Waals surface area (Å²) < 4.78 is 0. The third kappa shape index (κ3) is 4.07. The number of amides is 1. The Morgan fingerprint density at radius 1 is 0.917 bits per heavy atom. The Balaban J connectivity index is 1.86. The van der Waals surface area contributed by atoms with Crippen LogP contribution < -0.4 is 4.90 Å². The Morgan fingerprint density at radius 3 is 2.29 bits per heavy atom. The number of aryl methyl sites for hydroxylation is 1. The molecular weight excluding hydrogens is 296 g/mol. The van der Waals surface area contributed by atoms with Crippen molar-refractivity contribution in [3.05, 3.63) is 95.8 Å². The van der Waals surface area contributed by atoms with Crippen LogP contribution in [0.1, 0.15) is 16.7 Å². The number of carbonyl (C=O) groups excluding carboxylic acids is 1. The van der Waals surface area contributed by atoms with Crippen LogP contribution in [0.4, 0.5) is 5.69 Å². The van der Waals surface area contributed by atoms with Gasteiger partial charge in [0.2, 0.25) is 5.91 Å². The Labute approximate surface area is 142 Å². The lowest BCUT2D eigenvalue weighted by atomic mass is 10.1. The average Bonchev–Trinajstić information content (AvgIpc) is 2.62. The van der Waals surface area contributed by atoms with E-state index in [1.165, 1.54) is 5.56 Å². The van der Waals surface area contributed by atoms with E-state index >= 15 is 0 Å². The molecule has 0 aliphatic heterocycles. The molecule has 0 aliphatic rings. The SMILES string of the molecule is Cc1ccc(N(Cc2cccnc2)C(=O)Cc2ccccc2)cc1. The predicted octanol–water partition coefficient (Wildman–Crippen LogP) is 4.17. The van der Waals surface area contributed by atoms with Crippen molar-refractivity contribution in [3.63, 3.8) is 0 Å². The van der Waals surface area contributed by atoms with Crippen molar-refractivity contribution >= 4 is 11.6 Å². The summed E-state index contributed by atoms with van der Waals surface area (Å²) in [4.78, 5) is 18.9. The zero-order valence-corrected chi connectivity index (χ0v) is 13.7. The highest BCUT2D eigenvalue weighted by molar-refractivity contribution is 5.94. The largest absolute Gasteiger partial charge is 0.308 e. The van der Waals surface area contributed by atoms with E-state index in [0.717, 1.165) is 16.8 Å². The molecule has 0 N–H and O–H groups in total. The summed E-state index contributed by atoms with van der Waals surface area (Å²) in [5, 5.41) is 0. The third-order valence-electron chi connectivity index (χ3n) is 3.91. The Hall–Kier alpha value is -2.94. The van der Waals surface area contributed by atoms with Gasteiger partial charge in [0.1, 0.15) is 0 Å². The van der Waals surface area contributed by atoms with E-state index in [2.05, 4.69) is 4.98 Å². The van der Waals surface area contributed by atoms with Gasteiger partial charge in [-0.1, -0.05) is 54.1 Å². The second-order valence-corrected chi connectivity index (χ2v) is 5.84. The number of aromatic nitrogens is 1. The van der Waals surface area contributed by atoms with E-state index < -0.39 is 0 Å². The molecule has 0 atom stereocenters. The van der Waals surface area contributed by atoms with Gasteiger partial charge in [-0.3, -0.25) is 9.78 Å². The number of rotatable bonds is 5. The van der Waals surface area contributed by atoms with Crippen molar-refractivity contribution in [2.45, 2.75) is 19.9 Å². The van der Waals surface area contributed by atoms with Crippen molar-refractivity contribution in [3.8, 4) is 0 Å². The van der Waals surface area contributed by atoms with Gasteiger partial charge in [-0.2, -0.15) is 0 Å². The molecule has 0 unspecified atom stereocenters. The fraction of sp³-hybridized carbons (Fsp3) is 0.143. The van der Waals surface area contributed by atoms with Crippen LogP contribution in [0.2, 0.25) is 0 Å². The van der Waals surface area contributed by atoms with Gasteiger partial charge in [0, 0.05) is 18.1 Å². The molecule has 0 saturated carbocycles. The van der Waals surface area contributed by atoms with Crippen molar-refractivity contribution in [2.24, 2.45) is 0 Å². The maximum absolute atomic E-state index is 12.9. The molecule has 3 nitrogen and oxygen atoms in total. The Bertz CT molecular complexity index is 783. The lowest BCUT2D eigenvalue weighted by Crippen LogP contribution is -2.31. The summed E-state index contributed by atoms with van der Waals surface area (Å²) in [5.41, 5.74) is 4.12. The first-order valence-corrected chi connectivity index (χ1v) is 8.02. The molecule has 3 heteroatoms. The van der Waals surface area contributed by atoms with E-state index in [4.69, 9.17) is 0 Å². The predicted molar refractivity (Wildman–Crippen MR) is 96.8 cm³/mol. The van der Waals surface area contributed by atoms with Crippen LogP contribution in [-0.2, 0) is 17.8 Å². The minimum atomic E-state index is 0.0777. The van der Waals surface area contributed by atoms with E-state index in [0.29, 0.717) is 13.0 Å². The monoisotopic (exact) mass is 316 g/mol. The summed E-state index contributed by atoms with van der Waals surface area (Å²) in [6.07, 6.45) is 3.93. The van der Waals surface area contributed by atoms with Gasteiger partial charge >= 0.3 is 0 Å². The molecule has 0 radical (unpaired) electrons. The van der Waals surface area contributed by atoms with Crippen LogP contribution >= 0.6 is 0 Å². The number of benzene rings is 2. The standard InChI is InChI=1S/C21H20N2O/c1-17-9-11-20(12-10-17)23(16-19-8-5-13-22-15-19)21(24)14-18-6-3-2-4-7-18/h2-13,15H,14,16H2,1H3. The maximum Gasteiger partial charge on any atom is 0.231 e. The minimum absolute atomic E-state index is 0.0777. The van der Waals surface area contributed by atoms with Gasteiger partial charge < -0.3 is 4.90 Å². The number of carbonyl (C=O) groups is 1. The number of hydrogen-bond acceptors (Lipinski definition) is 2. The molecule has 24 heavy (non-hydrogen) atoms. The molecule has 0 fully saturated rings. The molecular formula is C21H20N2O. The fourth-order valence-corrected chi connectivity index (χ4v) is 2.59. The molecule has 1 amide bonds. The summed E-state index contributed by atoms with van der Waals surface area (Å²) in [7, 11) is 0. The van der Waals surface area contributed by atoms with Crippen molar-refractivity contribution in [1.29, 1.82) is 0 Å². The van der Waals surface area contributed by atoms with Gasteiger partial charge in [-0.25, -0.2) is 0 Å². The van der Waals surface area contributed by atoms with Crippen LogP contribution in [0.25, 0.3) is 0 Å². The van der Waals surface area contributed by atoms with Gasteiger partial charge in [0.05, 0.1) is 13.0 Å². The fourth-order valence-electron chi connectivity index (χ4n) is 2.59. The summed E-state index contributed by atoms with van der Waals surface area (Å²) in [6, 6.07) is 21.8. The van der Waals surface area contributed by atoms with Gasteiger partial charge in [0.15, 0.2) is 0 Å². The highest BCUT2D eigenvalue weighted by atomic mass is 16.2. The molecule has 120 valence electrons. The molecule has 1 aromatic heterocycles. The summed E-state index contributed by atoms with van der Waals surface area (Å²) >= 11 is 0. The number of hydrogen-bond donors (Lipinski definition) is 0. The highest BCUT2D eigenvalue weighted by Crippen LogP contribution is 2.19. The number of nitrogens with zero attached hydrogens (tertiary/aromatic N) is 2. The third-order valence-corrected chi connectivity index (χ3v) is 3.91. The molecule has 1 heterocycles. The normalized spacial score (nSPS) is 10.4. The van der Waals surface area contributed by atoms with E-state index in [9.17, 15) is 4.79 Å². The Morgan fingerprint density at radius 2 is 1.62 bits per heavy atom. The average molecular weight is 316 g/mol. The molecule has 0 bridgehead atoms. The molecule has 0 spiro atoms. The minimum Gasteiger partial charge on any atom is -0.308 e. The Kier molecular flexibility index (Phi) is 5.02. The molecule has 3 rings (SSSR count). The first kappa shape index (κ1) is 15.9. The maximum atomic E-state index is 12.9. The van der Waals surface area contributed by atoms with Crippen LogP contribution in [0.15, 0.2) is 79.1 Å². The topological polar surface area (TPSA) is 33.2 Å². The van der Waals surface area contributed by atoms with Crippen molar-refractivity contribution in [2.75, 3.05) is 4.90 Å². The van der Waals surface area contributed by atoms with E-state index in [-0.39, 0.29) is 5.91 Å². The zero-order valence-electron chi connectivity index (χ0n) is 13.7. The first-order valence-electron chi connectivity index (χ1n) is 8.02. The van der Waals surface area contributed by atoms with Gasteiger partial charge in [-0.05, 0) is 36.2 Å². The van der Waals surface area contributed by atoms with Gasteiger partial charge in [0.25, 0.3) is 0 Å². The van der Waals surface area contributed by atoms with Crippen LogP contribution in [0, 0.1) is 6.92 Å². The summed E-state index contributed by atoms with van der Waals surface area (Å²) in [6.45, 7) is 2.56. The van der Waals surface area contributed by atoms with Gasteiger partial charge in [-0.15, -0.1) is 0 Å². The van der Waals surface area contributed by atoms with E-state index in [1.54, 1.807) is 12.4 Å². The van der Waals surface area contributed by atoms with Crippen molar-refractivity contribution < 1.29 is 4.79 Å². The first-order chi connectivity index (χ1) is 11.7. The lowest BCUT2D eigenvalue weighted by molar-refractivity contribution is -0.118. The second-order valence-electron chi connectivity index (χ2n) is 5.84. The smallest absolute Gasteiger partial charge is 0.231 e. The second kappa shape index (κ2) is 7.55. The molecule has 2 aromatic carbocycles. The summed E-state index contributed by atoms with van der Waals surface area (Å²) in [5.74, 6) is 0.0777. The molecule has 0 aliphatic carbocycles. The highest BCUT2D eigenvalue weighted by Gasteiger charge is 2.16. The lowest BCUT2D eigenvalue weighted by Gasteiger charge is -2.23. The molecule has 0 saturated heterocycles. The van der Waals surface area contributed by atoms with Crippen LogP contribution in [0.3, 0.4) is 0 Å². The quantitative estimate of drug-likeness (QED) is 0.708. The van der Waals surface area contributed by atoms with Crippen LogP contribution in [0.5, 0.6) is 0 Å². The molecule has 3 aromatic rings. The zero-order chi connectivity index (χ0) is 16.8. The van der Waals surface area contributed by atoms with Crippen molar-refractivity contribution in [1.82, 2.24) is 4.98 Å². The van der Waals surface area contributed by atoms with Crippen LogP contribution in [-0.4, -0.2) is 10.9 Å².